The number of amides is 2. The topological polar surface area (TPSA) is 99.1 Å². The summed E-state index contributed by atoms with van der Waals surface area (Å²) in [5.74, 6) is -1.39. The van der Waals surface area contributed by atoms with Crippen LogP contribution in [-0.2, 0) is 14.4 Å². The summed E-state index contributed by atoms with van der Waals surface area (Å²) in [5, 5.41) is 17.0. The molecule has 7 heteroatoms. The van der Waals surface area contributed by atoms with E-state index in [1.807, 2.05) is 0 Å². The summed E-state index contributed by atoms with van der Waals surface area (Å²) in [4.78, 5) is 34.2. The number of hydrogen-bond donors (Lipinski definition) is 2. The number of hydrogen-bond acceptors (Lipinski definition) is 4. The smallest absolute Gasteiger partial charge is 0.306 e. The van der Waals surface area contributed by atoms with E-state index in [1.165, 1.54) is 12.1 Å². The third kappa shape index (κ3) is 3.34. The summed E-state index contributed by atoms with van der Waals surface area (Å²) in [6.07, 6.45) is 3.18. The highest BCUT2D eigenvalue weighted by molar-refractivity contribution is 6.39. The number of rotatable bonds is 3. The third-order valence-electron chi connectivity index (χ3n) is 3.88. The predicted molar refractivity (Wildman–Crippen MR) is 71.0 cm³/mol. The first-order valence-corrected chi connectivity index (χ1v) is 6.85. The van der Waals surface area contributed by atoms with Gasteiger partial charge in [0.2, 0.25) is 5.91 Å². The highest BCUT2D eigenvalue weighted by Gasteiger charge is 2.28. The number of carbonyl (C=O) groups excluding carboxylic acids is 2. The van der Waals surface area contributed by atoms with Crippen molar-refractivity contribution in [1.82, 2.24) is 10.3 Å². The summed E-state index contributed by atoms with van der Waals surface area (Å²) in [5.41, 5.74) is 0.368. The van der Waals surface area contributed by atoms with Crippen molar-refractivity contribution in [2.75, 3.05) is 7.05 Å². The van der Waals surface area contributed by atoms with Crippen LogP contribution in [0.3, 0.4) is 0 Å². The Balaban J connectivity index is 1.85. The summed E-state index contributed by atoms with van der Waals surface area (Å²) < 4.78 is 0. The van der Waals surface area contributed by atoms with Crippen molar-refractivity contribution in [3.05, 3.63) is 0 Å². The molecule has 110 valence electrons. The summed E-state index contributed by atoms with van der Waals surface area (Å²) in [6.45, 7) is 0. The van der Waals surface area contributed by atoms with E-state index in [4.69, 9.17) is 5.11 Å². The van der Waals surface area contributed by atoms with Crippen LogP contribution >= 0.6 is 0 Å². The number of nitrogens with zero attached hydrogens (tertiary/aromatic N) is 2. The Morgan fingerprint density at radius 1 is 1.25 bits per heavy atom. The van der Waals surface area contributed by atoms with Crippen LogP contribution in [0.25, 0.3) is 0 Å². The maximum absolute atomic E-state index is 12.0. The Morgan fingerprint density at radius 3 is 2.45 bits per heavy atom. The molecule has 0 unspecified atom stereocenters. The number of carboxylic acids is 1. The fourth-order valence-electron chi connectivity index (χ4n) is 2.59. The second kappa shape index (κ2) is 6.02. The first-order chi connectivity index (χ1) is 9.47. The molecule has 2 amide bonds. The van der Waals surface area contributed by atoms with Crippen molar-refractivity contribution in [3.63, 3.8) is 0 Å². The maximum atomic E-state index is 12.0. The lowest BCUT2D eigenvalue weighted by molar-refractivity contribution is -0.142. The van der Waals surface area contributed by atoms with E-state index in [-0.39, 0.29) is 23.8 Å². The molecule has 0 atom stereocenters. The fourth-order valence-corrected chi connectivity index (χ4v) is 2.59. The van der Waals surface area contributed by atoms with Crippen LogP contribution in [-0.4, -0.2) is 46.7 Å². The molecule has 0 aromatic heterocycles. The van der Waals surface area contributed by atoms with Crippen molar-refractivity contribution in [2.45, 2.75) is 44.6 Å². The van der Waals surface area contributed by atoms with Crippen LogP contribution in [0.5, 0.6) is 0 Å². The molecule has 1 aliphatic carbocycles. The van der Waals surface area contributed by atoms with Gasteiger partial charge in [0.05, 0.1) is 5.92 Å². The van der Waals surface area contributed by atoms with Gasteiger partial charge < -0.3 is 10.4 Å². The van der Waals surface area contributed by atoms with Crippen molar-refractivity contribution < 1.29 is 19.5 Å². The Labute approximate surface area is 117 Å². The van der Waals surface area contributed by atoms with Crippen LogP contribution in [0.4, 0.5) is 0 Å². The van der Waals surface area contributed by atoms with Crippen LogP contribution < -0.4 is 5.32 Å². The normalized spacial score (nSPS) is 26.9. The van der Waals surface area contributed by atoms with Gasteiger partial charge in [0.25, 0.3) is 5.91 Å². The van der Waals surface area contributed by atoms with Gasteiger partial charge in [0.15, 0.2) is 0 Å². The molecule has 1 saturated carbocycles. The van der Waals surface area contributed by atoms with Crippen molar-refractivity contribution in [1.29, 1.82) is 0 Å². The first-order valence-electron chi connectivity index (χ1n) is 6.85. The van der Waals surface area contributed by atoms with Crippen molar-refractivity contribution in [2.24, 2.45) is 11.0 Å². The largest absolute Gasteiger partial charge is 0.481 e. The highest BCUT2D eigenvalue weighted by atomic mass is 16.4. The molecule has 0 radical (unpaired) electrons. The molecule has 0 saturated heterocycles. The Hall–Kier alpha value is -1.92. The molecule has 0 bridgehead atoms. The molecular weight excluding hydrogens is 262 g/mol. The number of aliphatic carboxylic acids is 1. The lowest BCUT2D eigenvalue weighted by Gasteiger charge is -2.27. The summed E-state index contributed by atoms with van der Waals surface area (Å²) in [6, 6.07) is 0.00346. The van der Waals surface area contributed by atoms with E-state index in [1.54, 1.807) is 0 Å². The fraction of sp³-hybridized carbons (Fsp3) is 0.692. The van der Waals surface area contributed by atoms with E-state index in [9.17, 15) is 14.4 Å². The SMILES string of the molecule is CN1N=C(C(=O)NC2CCC(C(=O)O)CC2)CCC1=O. The molecule has 1 fully saturated rings. The zero-order chi connectivity index (χ0) is 14.7. The van der Waals surface area contributed by atoms with Crippen LogP contribution in [0, 0.1) is 5.92 Å². The van der Waals surface area contributed by atoms with Gasteiger partial charge in [-0.25, -0.2) is 5.01 Å². The minimum absolute atomic E-state index is 0.00346. The van der Waals surface area contributed by atoms with E-state index >= 15 is 0 Å². The standard InChI is InChI=1S/C13H19N3O4/c1-16-11(17)7-6-10(15-16)12(18)14-9-4-2-8(3-5-9)13(19)20/h8-9H,2-7H2,1H3,(H,14,18)(H,19,20). The second-order valence-corrected chi connectivity index (χ2v) is 5.32. The zero-order valence-corrected chi connectivity index (χ0v) is 11.5. The van der Waals surface area contributed by atoms with Crippen molar-refractivity contribution in [3.8, 4) is 0 Å². The number of carbonyl (C=O) groups is 3. The molecule has 0 spiro atoms. The van der Waals surface area contributed by atoms with E-state index in [0.717, 1.165) is 0 Å². The maximum Gasteiger partial charge on any atom is 0.306 e. The van der Waals surface area contributed by atoms with E-state index in [0.29, 0.717) is 44.2 Å². The second-order valence-electron chi connectivity index (χ2n) is 5.32. The van der Waals surface area contributed by atoms with Gasteiger partial charge in [-0.1, -0.05) is 0 Å². The molecule has 1 heterocycles. The van der Waals surface area contributed by atoms with E-state index in [2.05, 4.69) is 10.4 Å². The van der Waals surface area contributed by atoms with Gasteiger partial charge in [-0.05, 0) is 25.7 Å². The highest BCUT2D eigenvalue weighted by Crippen LogP contribution is 2.24. The quantitative estimate of drug-likeness (QED) is 0.780. The molecule has 2 N–H and O–H groups in total. The summed E-state index contributed by atoms with van der Waals surface area (Å²) in [7, 11) is 1.53. The van der Waals surface area contributed by atoms with Gasteiger partial charge in [0, 0.05) is 25.9 Å². The molecular formula is C13H19N3O4. The average Bonchev–Trinajstić information content (AvgIpc) is 2.42. The summed E-state index contributed by atoms with van der Waals surface area (Å²) >= 11 is 0. The van der Waals surface area contributed by atoms with Gasteiger partial charge in [-0.3, -0.25) is 14.4 Å². The Bertz CT molecular complexity index is 453. The predicted octanol–water partition coefficient (Wildman–Crippen LogP) is 0.354. The Kier molecular flexibility index (Phi) is 4.36. The van der Waals surface area contributed by atoms with Crippen molar-refractivity contribution >= 4 is 23.5 Å². The monoisotopic (exact) mass is 281 g/mol. The molecule has 1 aliphatic heterocycles. The van der Waals surface area contributed by atoms with Gasteiger partial charge in [-0.2, -0.15) is 5.10 Å². The molecule has 2 rings (SSSR count). The number of hydrazone groups is 1. The average molecular weight is 281 g/mol. The van der Waals surface area contributed by atoms with E-state index < -0.39 is 5.97 Å². The first kappa shape index (κ1) is 14.5. The third-order valence-corrected chi connectivity index (χ3v) is 3.88. The lowest BCUT2D eigenvalue weighted by atomic mass is 9.86. The van der Waals surface area contributed by atoms with Crippen LogP contribution in [0.15, 0.2) is 5.10 Å². The zero-order valence-electron chi connectivity index (χ0n) is 11.5. The van der Waals surface area contributed by atoms with Crippen LogP contribution in [0.2, 0.25) is 0 Å². The lowest BCUT2D eigenvalue weighted by Crippen LogP contribution is -2.44. The minimum Gasteiger partial charge on any atom is -0.481 e. The molecule has 0 aromatic rings. The molecule has 7 nitrogen and oxygen atoms in total. The molecule has 0 aromatic carbocycles. The van der Waals surface area contributed by atoms with Crippen LogP contribution in [0.1, 0.15) is 38.5 Å². The van der Waals surface area contributed by atoms with Gasteiger partial charge in [-0.15, -0.1) is 0 Å². The number of nitrogens with one attached hydrogen (secondary N) is 1. The van der Waals surface area contributed by atoms with Gasteiger partial charge in [0.1, 0.15) is 5.71 Å². The molecule has 20 heavy (non-hydrogen) atoms. The number of carboxylic acid groups (broad SMARTS) is 1. The molecule has 2 aliphatic rings. The van der Waals surface area contributed by atoms with Gasteiger partial charge >= 0.3 is 5.97 Å². The minimum atomic E-state index is -0.758. The Morgan fingerprint density at radius 2 is 1.90 bits per heavy atom.